The molecule has 0 spiro atoms. The van der Waals surface area contributed by atoms with Gasteiger partial charge >= 0.3 is 0 Å². The number of phenolic OH excluding ortho intramolecular Hbond substituents is 1. The fourth-order valence-electron chi connectivity index (χ4n) is 4.02. The molecule has 1 atom stereocenters. The van der Waals surface area contributed by atoms with Crippen LogP contribution in [0.1, 0.15) is 17.2 Å². The zero-order chi connectivity index (χ0) is 22.8. The Hall–Kier alpha value is -2.58. The van der Waals surface area contributed by atoms with Gasteiger partial charge in [-0.1, -0.05) is 35.3 Å². The van der Waals surface area contributed by atoms with Crippen LogP contribution in [0, 0.1) is 0 Å². The molecular formula is C23H22Cl2N2O5. The number of aromatic hydroxyl groups is 1. The molecule has 4 rings (SSSR count). The first-order valence-electron chi connectivity index (χ1n) is 10.2. The van der Waals surface area contributed by atoms with Gasteiger partial charge in [0.05, 0.1) is 30.4 Å². The number of Topliss-reactive ketones (excluding diaryl/α,β-unsaturated/α-hetero) is 1. The van der Waals surface area contributed by atoms with Crippen LogP contribution in [0.25, 0.3) is 5.76 Å². The maximum atomic E-state index is 13.0. The van der Waals surface area contributed by atoms with Gasteiger partial charge in [-0.3, -0.25) is 14.5 Å². The molecule has 2 aromatic rings. The van der Waals surface area contributed by atoms with Crippen LogP contribution in [-0.2, 0) is 14.3 Å². The summed E-state index contributed by atoms with van der Waals surface area (Å²) in [6, 6.07) is 10.1. The molecule has 2 fully saturated rings. The summed E-state index contributed by atoms with van der Waals surface area (Å²) in [6.45, 7) is 3.57. The number of ether oxygens (including phenoxy) is 1. The normalized spacial score (nSPS) is 21.3. The van der Waals surface area contributed by atoms with E-state index in [-0.39, 0.29) is 28.5 Å². The third kappa shape index (κ3) is 4.47. The molecule has 0 radical (unpaired) electrons. The number of morpholine rings is 1. The number of nitrogens with zero attached hydrogens (tertiary/aromatic N) is 2. The number of amides is 1. The minimum atomic E-state index is -0.827. The number of carbonyl (C=O) groups is 2. The molecule has 0 saturated carbocycles. The van der Waals surface area contributed by atoms with E-state index in [4.69, 9.17) is 27.9 Å². The minimum Gasteiger partial charge on any atom is -0.507 e. The lowest BCUT2D eigenvalue weighted by atomic mass is 9.95. The molecule has 2 N–H and O–H groups in total. The molecule has 2 aromatic carbocycles. The third-order valence-corrected chi connectivity index (χ3v) is 6.19. The maximum Gasteiger partial charge on any atom is 0.295 e. The lowest BCUT2D eigenvalue weighted by molar-refractivity contribution is -0.140. The summed E-state index contributed by atoms with van der Waals surface area (Å²) in [5.74, 6) is -2.25. The lowest BCUT2D eigenvalue weighted by Gasteiger charge is -2.31. The average Bonchev–Trinajstić information content (AvgIpc) is 3.05. The van der Waals surface area contributed by atoms with E-state index in [1.165, 1.54) is 23.1 Å². The highest BCUT2D eigenvalue weighted by Gasteiger charge is 2.46. The summed E-state index contributed by atoms with van der Waals surface area (Å²) >= 11 is 12.1. The molecular weight excluding hydrogens is 455 g/mol. The molecule has 9 heteroatoms. The number of likely N-dealkylation sites (tertiary alicyclic amines) is 1. The van der Waals surface area contributed by atoms with Gasteiger partial charge in [0.1, 0.15) is 11.5 Å². The zero-order valence-corrected chi connectivity index (χ0v) is 18.6. The molecule has 1 unspecified atom stereocenters. The number of phenols is 1. The van der Waals surface area contributed by atoms with Gasteiger partial charge in [0.25, 0.3) is 11.7 Å². The van der Waals surface area contributed by atoms with E-state index >= 15 is 0 Å². The molecule has 2 heterocycles. The van der Waals surface area contributed by atoms with E-state index in [0.29, 0.717) is 30.3 Å². The highest BCUT2D eigenvalue weighted by atomic mass is 35.5. The predicted octanol–water partition coefficient (Wildman–Crippen LogP) is 3.45. The first-order chi connectivity index (χ1) is 15.4. The lowest BCUT2D eigenvalue weighted by Crippen LogP contribution is -2.42. The van der Waals surface area contributed by atoms with Crippen molar-refractivity contribution in [1.29, 1.82) is 0 Å². The van der Waals surface area contributed by atoms with Crippen molar-refractivity contribution < 1.29 is 24.5 Å². The number of hydrogen-bond acceptors (Lipinski definition) is 6. The topological polar surface area (TPSA) is 90.3 Å². The Labute approximate surface area is 195 Å². The van der Waals surface area contributed by atoms with E-state index in [1.54, 1.807) is 24.3 Å². The molecule has 2 aliphatic heterocycles. The van der Waals surface area contributed by atoms with Crippen LogP contribution in [0.15, 0.2) is 48.0 Å². The van der Waals surface area contributed by atoms with Crippen molar-refractivity contribution in [1.82, 2.24) is 9.80 Å². The first-order valence-corrected chi connectivity index (χ1v) is 11.0. The highest BCUT2D eigenvalue weighted by Crippen LogP contribution is 2.41. The summed E-state index contributed by atoms with van der Waals surface area (Å²) in [7, 11) is 0. The molecule has 0 aromatic heterocycles. The van der Waals surface area contributed by atoms with Gasteiger partial charge in [0.15, 0.2) is 0 Å². The van der Waals surface area contributed by atoms with Crippen LogP contribution in [0.3, 0.4) is 0 Å². The van der Waals surface area contributed by atoms with E-state index in [1.807, 2.05) is 0 Å². The van der Waals surface area contributed by atoms with Crippen molar-refractivity contribution in [3.63, 3.8) is 0 Å². The van der Waals surface area contributed by atoms with Crippen molar-refractivity contribution in [3.8, 4) is 5.75 Å². The van der Waals surface area contributed by atoms with Crippen molar-refractivity contribution in [2.45, 2.75) is 6.04 Å². The summed E-state index contributed by atoms with van der Waals surface area (Å²) in [6.07, 6.45) is 0. The summed E-state index contributed by atoms with van der Waals surface area (Å²) in [5, 5.41) is 22.1. The monoisotopic (exact) mass is 476 g/mol. The molecule has 168 valence electrons. The van der Waals surface area contributed by atoms with Crippen molar-refractivity contribution >= 4 is 40.7 Å². The Balaban J connectivity index is 1.76. The average molecular weight is 477 g/mol. The molecule has 32 heavy (non-hydrogen) atoms. The fourth-order valence-corrected chi connectivity index (χ4v) is 4.32. The predicted molar refractivity (Wildman–Crippen MR) is 121 cm³/mol. The third-order valence-electron chi connectivity index (χ3n) is 5.70. The molecule has 0 aliphatic carbocycles. The van der Waals surface area contributed by atoms with E-state index in [0.717, 1.165) is 13.1 Å². The number of ketones is 1. The number of carbonyl (C=O) groups excluding carboxylic acids is 2. The smallest absolute Gasteiger partial charge is 0.295 e. The Morgan fingerprint density at radius 1 is 1.00 bits per heavy atom. The SMILES string of the molecule is O=C1C(=O)N(CCN2CCOCC2)C(c2ccc(Cl)cc2)C1=C(O)c1cc(Cl)ccc1O. The number of aliphatic hydroxyl groups excluding tert-OH is 1. The Bertz CT molecular complexity index is 1060. The number of rotatable bonds is 5. The summed E-state index contributed by atoms with van der Waals surface area (Å²) in [4.78, 5) is 29.7. The van der Waals surface area contributed by atoms with Crippen LogP contribution in [0.5, 0.6) is 5.75 Å². The van der Waals surface area contributed by atoms with E-state index in [9.17, 15) is 19.8 Å². The second-order valence-electron chi connectivity index (χ2n) is 7.66. The van der Waals surface area contributed by atoms with Gasteiger partial charge in [-0.15, -0.1) is 0 Å². The van der Waals surface area contributed by atoms with Crippen molar-refractivity contribution in [2.75, 3.05) is 39.4 Å². The number of benzene rings is 2. The van der Waals surface area contributed by atoms with Gasteiger partial charge in [0.2, 0.25) is 0 Å². The van der Waals surface area contributed by atoms with Crippen molar-refractivity contribution in [3.05, 3.63) is 69.2 Å². The maximum absolute atomic E-state index is 13.0. The van der Waals surface area contributed by atoms with Gasteiger partial charge in [0, 0.05) is 36.2 Å². The number of hydrogen-bond donors (Lipinski definition) is 2. The Morgan fingerprint density at radius 2 is 1.66 bits per heavy atom. The zero-order valence-electron chi connectivity index (χ0n) is 17.1. The minimum absolute atomic E-state index is 0.0114. The van der Waals surface area contributed by atoms with E-state index in [2.05, 4.69) is 4.90 Å². The quantitative estimate of drug-likeness (QED) is 0.390. The first kappa shape index (κ1) is 22.6. The van der Waals surface area contributed by atoms with Gasteiger partial charge in [-0.05, 0) is 35.9 Å². The van der Waals surface area contributed by atoms with Crippen LogP contribution in [0.4, 0.5) is 0 Å². The second kappa shape index (κ2) is 9.50. The largest absolute Gasteiger partial charge is 0.507 e. The molecule has 2 saturated heterocycles. The standard InChI is InChI=1S/C23H22Cl2N2O5/c24-15-3-1-14(2-4-15)20-19(21(29)17-13-16(25)5-6-18(17)28)22(30)23(31)27(20)8-7-26-9-11-32-12-10-26/h1-6,13,20,28-29H,7-12H2. The summed E-state index contributed by atoms with van der Waals surface area (Å²) < 4.78 is 5.37. The van der Waals surface area contributed by atoms with Gasteiger partial charge < -0.3 is 19.8 Å². The Kier molecular flexibility index (Phi) is 6.71. The Morgan fingerprint density at radius 3 is 2.34 bits per heavy atom. The summed E-state index contributed by atoms with van der Waals surface area (Å²) in [5.41, 5.74) is 0.512. The second-order valence-corrected chi connectivity index (χ2v) is 8.53. The van der Waals surface area contributed by atoms with E-state index < -0.39 is 23.5 Å². The molecule has 1 amide bonds. The van der Waals surface area contributed by atoms with Crippen LogP contribution < -0.4 is 0 Å². The van der Waals surface area contributed by atoms with Crippen LogP contribution in [-0.4, -0.2) is 71.1 Å². The van der Waals surface area contributed by atoms with Crippen LogP contribution >= 0.6 is 23.2 Å². The fraction of sp³-hybridized carbons (Fsp3) is 0.304. The number of halogens is 2. The van der Waals surface area contributed by atoms with Gasteiger partial charge in [-0.2, -0.15) is 0 Å². The van der Waals surface area contributed by atoms with Crippen molar-refractivity contribution in [2.24, 2.45) is 0 Å². The van der Waals surface area contributed by atoms with Gasteiger partial charge in [-0.25, -0.2) is 0 Å². The van der Waals surface area contributed by atoms with Crippen LogP contribution in [0.2, 0.25) is 10.0 Å². The number of aliphatic hydroxyl groups is 1. The molecule has 2 aliphatic rings. The molecule has 0 bridgehead atoms. The highest BCUT2D eigenvalue weighted by molar-refractivity contribution is 6.46. The molecule has 7 nitrogen and oxygen atoms in total.